The maximum absolute atomic E-state index is 13.4. The van der Waals surface area contributed by atoms with Gasteiger partial charge in [0.05, 0.1) is 6.61 Å². The first-order valence-electron chi connectivity index (χ1n) is 16.3. The topological polar surface area (TPSA) is 76.5 Å². The summed E-state index contributed by atoms with van der Waals surface area (Å²) in [6.07, 6.45) is 0.304. The maximum Gasteiger partial charge on any atom is 0.421 e. The van der Waals surface area contributed by atoms with Crippen LogP contribution >= 0.6 is 31.9 Å². The molecule has 0 N–H and O–H groups in total. The van der Waals surface area contributed by atoms with Crippen molar-refractivity contribution in [2.24, 2.45) is 0 Å². The fourth-order valence-corrected chi connectivity index (χ4v) is 5.70. The smallest absolute Gasteiger partial charge is 0.421 e. The van der Waals surface area contributed by atoms with E-state index >= 15 is 0 Å². The number of anilines is 4. The van der Waals surface area contributed by atoms with Gasteiger partial charge in [-0.2, -0.15) is 36.3 Å². The fraction of sp³-hybridized carbons (Fsp3) is 0.429. The van der Waals surface area contributed by atoms with Gasteiger partial charge in [0.15, 0.2) is 11.6 Å². The van der Waals surface area contributed by atoms with E-state index in [-0.39, 0.29) is 29.8 Å². The molecule has 16 heteroatoms. The van der Waals surface area contributed by atoms with Gasteiger partial charge in [0.2, 0.25) is 0 Å². The highest BCUT2D eigenvalue weighted by atomic mass is 79.9. The highest BCUT2D eigenvalue weighted by Gasteiger charge is 2.38. The molecular formula is C35H38Br2F6N6O2. The van der Waals surface area contributed by atoms with Crippen molar-refractivity contribution in [3.05, 3.63) is 81.0 Å². The monoisotopic (exact) mass is 846 g/mol. The van der Waals surface area contributed by atoms with Crippen molar-refractivity contribution in [3.63, 3.8) is 0 Å². The van der Waals surface area contributed by atoms with Gasteiger partial charge in [0.1, 0.15) is 17.2 Å². The number of rotatable bonds is 12. The highest BCUT2D eigenvalue weighted by molar-refractivity contribution is 9.10. The molecule has 5 rings (SSSR count). The number of nitrogens with zero attached hydrogens (tertiary/aromatic N) is 6. The molecule has 1 fully saturated rings. The lowest BCUT2D eigenvalue weighted by Gasteiger charge is -2.23. The van der Waals surface area contributed by atoms with E-state index < -0.39 is 23.5 Å². The van der Waals surface area contributed by atoms with Gasteiger partial charge in [-0.25, -0.2) is 9.97 Å². The second kappa shape index (κ2) is 18.2. The number of alkyl halides is 6. The number of ether oxygens (including phenoxy) is 2. The van der Waals surface area contributed by atoms with Crippen molar-refractivity contribution in [1.29, 1.82) is 0 Å². The Bertz CT molecular complexity index is 1690. The zero-order valence-corrected chi connectivity index (χ0v) is 31.4. The van der Waals surface area contributed by atoms with E-state index in [2.05, 4.69) is 58.7 Å². The number of hydrogen-bond donors (Lipinski definition) is 0. The molecule has 0 spiro atoms. The van der Waals surface area contributed by atoms with E-state index in [9.17, 15) is 26.3 Å². The Labute approximate surface area is 309 Å². The summed E-state index contributed by atoms with van der Waals surface area (Å²) in [6, 6.07) is 13.8. The van der Waals surface area contributed by atoms with Crippen molar-refractivity contribution in [2.75, 3.05) is 30.5 Å². The van der Waals surface area contributed by atoms with Crippen molar-refractivity contribution in [2.45, 2.75) is 76.7 Å². The Kier molecular flexibility index (Phi) is 14.3. The average Bonchev–Trinajstić information content (AvgIpc) is 3.60. The van der Waals surface area contributed by atoms with E-state index in [1.165, 1.54) is 16.8 Å². The minimum absolute atomic E-state index is 0.0149. The third-order valence-corrected chi connectivity index (χ3v) is 9.03. The molecule has 0 aliphatic heterocycles. The van der Waals surface area contributed by atoms with Crippen LogP contribution in [0.3, 0.4) is 0 Å². The lowest BCUT2D eigenvalue weighted by Crippen LogP contribution is -2.20. The van der Waals surface area contributed by atoms with Crippen LogP contribution < -0.4 is 19.3 Å². The standard InChI is InChI=1S/C18H21BrF3N3O.C17H17BrF3N3O/c1-3-4-5-6-11-26-17-23-12-15(18(20,21)22)16(24-17)25(2)14-9-7-13(19)8-10-14;1-24(12-8-6-11(18)7-9-12)15-14(17(19,20)21)10-22-16(23-15)25-13-4-2-3-5-13/h7-10,12H,3-6,11H2,1-2H3;6-10,13H,2-5H2,1H3. The number of unbranched alkanes of at least 4 members (excludes halogenated alkanes) is 3. The first-order chi connectivity index (χ1) is 24.2. The first-order valence-corrected chi connectivity index (χ1v) is 17.9. The van der Waals surface area contributed by atoms with Crippen LogP contribution in [0.2, 0.25) is 0 Å². The van der Waals surface area contributed by atoms with Crippen molar-refractivity contribution < 1.29 is 35.8 Å². The molecule has 8 nitrogen and oxygen atoms in total. The van der Waals surface area contributed by atoms with Crippen LogP contribution in [0.5, 0.6) is 12.0 Å². The van der Waals surface area contributed by atoms with Crippen LogP contribution in [-0.4, -0.2) is 46.7 Å². The van der Waals surface area contributed by atoms with Crippen LogP contribution in [0.15, 0.2) is 69.9 Å². The number of halogens is 8. The van der Waals surface area contributed by atoms with Crippen LogP contribution in [0.4, 0.5) is 49.4 Å². The van der Waals surface area contributed by atoms with Gasteiger partial charge in [-0.15, -0.1) is 0 Å². The molecule has 1 aliphatic rings. The van der Waals surface area contributed by atoms with E-state index in [4.69, 9.17) is 9.47 Å². The summed E-state index contributed by atoms with van der Waals surface area (Å²) in [7, 11) is 3.08. The summed E-state index contributed by atoms with van der Waals surface area (Å²) in [6.45, 7) is 2.48. The Balaban J connectivity index is 0.000000229. The number of hydrogen-bond acceptors (Lipinski definition) is 8. The van der Waals surface area contributed by atoms with E-state index in [1.54, 1.807) is 55.6 Å². The average molecular weight is 849 g/mol. The molecule has 2 aromatic heterocycles. The Morgan fingerprint density at radius 1 is 0.686 bits per heavy atom. The lowest BCUT2D eigenvalue weighted by molar-refractivity contribution is -0.138. The molecule has 0 saturated heterocycles. The second-order valence-electron chi connectivity index (χ2n) is 11.8. The zero-order valence-electron chi connectivity index (χ0n) is 28.2. The third-order valence-electron chi connectivity index (χ3n) is 7.97. The molecule has 1 aliphatic carbocycles. The van der Waals surface area contributed by atoms with Crippen molar-refractivity contribution in [1.82, 2.24) is 19.9 Å². The lowest BCUT2D eigenvalue weighted by atomic mass is 10.2. The molecule has 2 aromatic carbocycles. The Morgan fingerprint density at radius 2 is 1.14 bits per heavy atom. The maximum atomic E-state index is 13.4. The quantitative estimate of drug-likeness (QED) is 0.103. The molecule has 0 amide bonds. The summed E-state index contributed by atoms with van der Waals surface area (Å²) in [5.74, 6) is -0.462. The molecule has 1 saturated carbocycles. The van der Waals surface area contributed by atoms with E-state index in [1.807, 2.05) is 0 Å². The molecule has 2 heterocycles. The second-order valence-corrected chi connectivity index (χ2v) is 13.6. The Morgan fingerprint density at radius 3 is 1.59 bits per heavy atom. The molecular weight excluding hydrogens is 810 g/mol. The van der Waals surface area contributed by atoms with Gasteiger partial charge in [-0.3, -0.25) is 0 Å². The zero-order chi connectivity index (χ0) is 37.2. The number of benzene rings is 2. The highest BCUT2D eigenvalue weighted by Crippen LogP contribution is 2.39. The normalized spacial score (nSPS) is 13.4. The van der Waals surface area contributed by atoms with E-state index in [0.29, 0.717) is 18.0 Å². The molecule has 0 radical (unpaired) electrons. The van der Waals surface area contributed by atoms with Gasteiger partial charge in [0.25, 0.3) is 0 Å². The van der Waals surface area contributed by atoms with E-state index in [0.717, 1.165) is 72.7 Å². The molecule has 0 unspecified atom stereocenters. The fourth-order valence-electron chi connectivity index (χ4n) is 5.17. The van der Waals surface area contributed by atoms with Crippen molar-refractivity contribution in [3.8, 4) is 12.0 Å². The summed E-state index contributed by atoms with van der Waals surface area (Å²) in [5, 5.41) is 0. The van der Waals surface area contributed by atoms with Crippen molar-refractivity contribution >= 4 is 54.9 Å². The van der Waals surface area contributed by atoms with Crippen LogP contribution in [0.1, 0.15) is 69.4 Å². The summed E-state index contributed by atoms with van der Waals surface area (Å²) in [5.41, 5.74) is -0.636. The molecule has 4 aromatic rings. The summed E-state index contributed by atoms with van der Waals surface area (Å²) < 4.78 is 93.0. The minimum atomic E-state index is -4.56. The van der Waals surface area contributed by atoms with Crippen LogP contribution in [0.25, 0.3) is 0 Å². The summed E-state index contributed by atoms with van der Waals surface area (Å²) in [4.78, 5) is 18.3. The van der Waals surface area contributed by atoms with Gasteiger partial charge in [-0.1, -0.05) is 58.0 Å². The van der Waals surface area contributed by atoms with Gasteiger partial charge >= 0.3 is 24.4 Å². The first kappa shape index (κ1) is 40.1. The number of aromatic nitrogens is 4. The Hall–Kier alpha value is -3.66. The summed E-state index contributed by atoms with van der Waals surface area (Å²) >= 11 is 6.62. The van der Waals surface area contributed by atoms with Gasteiger partial charge < -0.3 is 19.3 Å². The minimum Gasteiger partial charge on any atom is -0.463 e. The van der Waals surface area contributed by atoms with Gasteiger partial charge in [-0.05, 0) is 80.6 Å². The molecule has 51 heavy (non-hydrogen) atoms. The predicted octanol–water partition coefficient (Wildman–Crippen LogP) is 11.3. The van der Waals surface area contributed by atoms with Crippen LogP contribution in [0, 0.1) is 0 Å². The molecule has 0 bridgehead atoms. The molecule has 0 atom stereocenters. The predicted molar refractivity (Wildman–Crippen MR) is 191 cm³/mol. The largest absolute Gasteiger partial charge is 0.463 e. The SMILES string of the molecule is CCCCCCOc1ncc(C(F)(F)F)c(N(C)c2ccc(Br)cc2)n1.CN(c1ccc(Br)cc1)c1nc(OC2CCCC2)ncc1C(F)(F)F. The molecule has 276 valence electrons. The third kappa shape index (κ3) is 11.7. The van der Waals surface area contributed by atoms with Gasteiger partial charge in [0, 0.05) is 46.8 Å². The van der Waals surface area contributed by atoms with Crippen LogP contribution in [-0.2, 0) is 12.4 Å².